The van der Waals surface area contributed by atoms with Gasteiger partial charge in [0.1, 0.15) is 11.5 Å². The average molecular weight is 472 g/mol. The number of amides is 1. The molecule has 0 aliphatic carbocycles. The quantitative estimate of drug-likeness (QED) is 0.397. The number of hydrogen-bond acceptors (Lipinski definition) is 5. The van der Waals surface area contributed by atoms with E-state index in [1.807, 2.05) is 46.9 Å². The highest BCUT2D eigenvalue weighted by atomic mass is 19.1. The molecule has 0 bridgehead atoms. The highest BCUT2D eigenvalue weighted by molar-refractivity contribution is 5.95. The molecule has 3 heterocycles. The second-order valence-electron chi connectivity index (χ2n) is 8.63. The van der Waals surface area contributed by atoms with Gasteiger partial charge < -0.3 is 14.2 Å². The molecule has 2 aromatic heterocycles. The third-order valence-electron chi connectivity index (χ3n) is 6.34. The maximum absolute atomic E-state index is 14.2. The number of halogens is 1. The van der Waals surface area contributed by atoms with Gasteiger partial charge in [-0.25, -0.2) is 14.4 Å². The van der Waals surface area contributed by atoms with E-state index in [2.05, 4.69) is 15.0 Å². The molecule has 0 saturated carbocycles. The average Bonchev–Trinajstić information content (AvgIpc) is 3.30. The fraction of sp³-hybridized carbons (Fsp3) is 0.259. The molecule has 0 radical (unpaired) electrons. The highest BCUT2D eigenvalue weighted by Gasteiger charge is 2.30. The van der Waals surface area contributed by atoms with Gasteiger partial charge in [0.05, 0.1) is 0 Å². The van der Waals surface area contributed by atoms with Crippen molar-refractivity contribution in [3.8, 4) is 11.6 Å². The van der Waals surface area contributed by atoms with Crippen molar-refractivity contribution in [1.29, 1.82) is 0 Å². The number of carbonyl (C=O) groups is 1. The molecule has 1 unspecified atom stereocenters. The largest absolute Gasteiger partial charge is 0.434 e. The van der Waals surface area contributed by atoms with Crippen LogP contribution in [0.4, 0.5) is 4.39 Å². The van der Waals surface area contributed by atoms with Crippen LogP contribution in [0, 0.1) is 12.7 Å². The number of carbonyl (C=O) groups excluding carboxylic acids is 1. The summed E-state index contributed by atoms with van der Waals surface area (Å²) in [6, 6.07) is 13.9. The summed E-state index contributed by atoms with van der Waals surface area (Å²) in [6.07, 6.45) is 8.48. The Balaban J connectivity index is 1.37. The normalized spacial score (nSPS) is 15.7. The molecule has 178 valence electrons. The van der Waals surface area contributed by atoms with E-state index < -0.39 is 5.82 Å². The van der Waals surface area contributed by atoms with E-state index >= 15 is 0 Å². The van der Waals surface area contributed by atoms with Crippen LogP contribution in [-0.4, -0.2) is 43.4 Å². The van der Waals surface area contributed by atoms with Crippen molar-refractivity contribution < 1.29 is 13.9 Å². The third kappa shape index (κ3) is 4.91. The van der Waals surface area contributed by atoms with Crippen molar-refractivity contribution in [3.05, 3.63) is 102 Å². The lowest BCUT2D eigenvalue weighted by atomic mass is 9.93. The predicted molar refractivity (Wildman–Crippen MR) is 129 cm³/mol. The first-order chi connectivity index (χ1) is 17.1. The molecular weight excluding hydrogens is 445 g/mol. The number of aryl methyl sites for hydroxylation is 1. The summed E-state index contributed by atoms with van der Waals surface area (Å²) in [5, 5.41) is 0. The zero-order valence-corrected chi connectivity index (χ0v) is 19.5. The molecule has 35 heavy (non-hydrogen) atoms. The zero-order valence-electron chi connectivity index (χ0n) is 19.5. The molecule has 5 rings (SSSR count). The van der Waals surface area contributed by atoms with Gasteiger partial charge in [-0.3, -0.25) is 9.78 Å². The van der Waals surface area contributed by atoms with Crippen LogP contribution in [0.15, 0.2) is 73.3 Å². The van der Waals surface area contributed by atoms with Gasteiger partial charge in [0.15, 0.2) is 11.6 Å². The Labute approximate surface area is 203 Å². The Kier molecular flexibility index (Phi) is 6.52. The Bertz CT molecular complexity index is 1340. The minimum atomic E-state index is -0.464. The second-order valence-corrected chi connectivity index (χ2v) is 8.63. The monoisotopic (exact) mass is 471 g/mol. The molecule has 1 fully saturated rings. The predicted octanol–water partition coefficient (Wildman–Crippen LogP) is 4.98. The van der Waals surface area contributed by atoms with Gasteiger partial charge in [0.2, 0.25) is 5.88 Å². The zero-order chi connectivity index (χ0) is 24.2. The number of hydrogen-bond donors (Lipinski definition) is 0. The minimum absolute atomic E-state index is 0.0106. The van der Waals surface area contributed by atoms with Gasteiger partial charge >= 0.3 is 0 Å². The summed E-state index contributed by atoms with van der Waals surface area (Å²) < 4.78 is 22.0. The van der Waals surface area contributed by atoms with Gasteiger partial charge in [-0.2, -0.15) is 0 Å². The van der Waals surface area contributed by atoms with Crippen molar-refractivity contribution >= 4 is 5.91 Å². The molecule has 0 N–H and O–H groups in total. The SMILES string of the molecule is Cc1nccn1Cc1ccccc1C(=O)N1CCCC(c2nccnc2Oc2ccccc2F)C1. The minimum Gasteiger partial charge on any atom is -0.434 e. The topological polar surface area (TPSA) is 73.1 Å². The maximum Gasteiger partial charge on any atom is 0.254 e. The third-order valence-corrected chi connectivity index (χ3v) is 6.34. The summed E-state index contributed by atoms with van der Waals surface area (Å²) in [7, 11) is 0. The number of rotatable bonds is 6. The second kappa shape index (κ2) is 10.0. The van der Waals surface area contributed by atoms with Crippen molar-refractivity contribution in [2.45, 2.75) is 32.2 Å². The van der Waals surface area contributed by atoms with Gasteiger partial charge in [0, 0.05) is 55.9 Å². The number of ether oxygens (including phenoxy) is 1. The van der Waals surface area contributed by atoms with Crippen LogP contribution >= 0.6 is 0 Å². The van der Waals surface area contributed by atoms with Crippen LogP contribution in [-0.2, 0) is 6.54 Å². The van der Waals surface area contributed by atoms with E-state index in [4.69, 9.17) is 4.74 Å². The van der Waals surface area contributed by atoms with Gasteiger partial charge in [-0.1, -0.05) is 30.3 Å². The van der Waals surface area contributed by atoms with Gasteiger partial charge in [-0.05, 0) is 43.5 Å². The fourth-order valence-corrected chi connectivity index (χ4v) is 4.50. The Morgan fingerprint density at radius 1 is 1.06 bits per heavy atom. The van der Waals surface area contributed by atoms with E-state index in [0.717, 1.165) is 24.2 Å². The molecule has 4 aromatic rings. The molecular formula is C27H26FN5O2. The van der Waals surface area contributed by atoms with Gasteiger partial charge in [0.25, 0.3) is 5.91 Å². The summed E-state index contributed by atoms with van der Waals surface area (Å²) >= 11 is 0. The molecule has 1 atom stereocenters. The molecule has 1 aliphatic heterocycles. The highest BCUT2D eigenvalue weighted by Crippen LogP contribution is 2.34. The van der Waals surface area contributed by atoms with E-state index in [9.17, 15) is 9.18 Å². The van der Waals surface area contributed by atoms with E-state index in [0.29, 0.717) is 30.9 Å². The lowest BCUT2D eigenvalue weighted by Gasteiger charge is -2.33. The van der Waals surface area contributed by atoms with Crippen molar-refractivity contribution in [2.24, 2.45) is 0 Å². The number of para-hydroxylation sites is 1. The van der Waals surface area contributed by atoms with Crippen LogP contribution in [0.1, 0.15) is 46.2 Å². The molecule has 1 aliphatic rings. The number of piperidine rings is 1. The number of nitrogens with zero attached hydrogens (tertiary/aromatic N) is 5. The summed E-state index contributed by atoms with van der Waals surface area (Å²) in [5.74, 6) is 0.731. The van der Waals surface area contributed by atoms with Crippen molar-refractivity contribution in [2.75, 3.05) is 13.1 Å². The van der Waals surface area contributed by atoms with E-state index in [-0.39, 0.29) is 23.5 Å². The molecule has 8 heteroatoms. The smallest absolute Gasteiger partial charge is 0.254 e. The first-order valence-corrected chi connectivity index (χ1v) is 11.7. The van der Waals surface area contributed by atoms with Crippen LogP contribution < -0.4 is 4.74 Å². The van der Waals surface area contributed by atoms with Gasteiger partial charge in [-0.15, -0.1) is 0 Å². The van der Waals surface area contributed by atoms with E-state index in [1.54, 1.807) is 30.6 Å². The van der Waals surface area contributed by atoms with Crippen LogP contribution in [0.25, 0.3) is 0 Å². The number of likely N-dealkylation sites (tertiary alicyclic amines) is 1. The summed E-state index contributed by atoms with van der Waals surface area (Å²) in [5.41, 5.74) is 2.27. The molecule has 7 nitrogen and oxygen atoms in total. The number of benzene rings is 2. The Hall–Kier alpha value is -4.07. The fourth-order valence-electron chi connectivity index (χ4n) is 4.50. The Morgan fingerprint density at radius 3 is 2.69 bits per heavy atom. The molecule has 1 amide bonds. The van der Waals surface area contributed by atoms with E-state index in [1.165, 1.54) is 12.3 Å². The van der Waals surface area contributed by atoms with Crippen LogP contribution in [0.2, 0.25) is 0 Å². The number of imidazole rings is 1. The molecule has 1 saturated heterocycles. The van der Waals surface area contributed by atoms with Crippen LogP contribution in [0.3, 0.4) is 0 Å². The lowest BCUT2D eigenvalue weighted by Crippen LogP contribution is -2.39. The first kappa shape index (κ1) is 22.7. The maximum atomic E-state index is 14.2. The van der Waals surface area contributed by atoms with Crippen molar-refractivity contribution in [3.63, 3.8) is 0 Å². The first-order valence-electron chi connectivity index (χ1n) is 11.7. The van der Waals surface area contributed by atoms with Crippen molar-refractivity contribution in [1.82, 2.24) is 24.4 Å². The van der Waals surface area contributed by atoms with Crippen LogP contribution in [0.5, 0.6) is 11.6 Å². The Morgan fingerprint density at radius 2 is 1.86 bits per heavy atom. The number of aromatic nitrogens is 4. The summed E-state index contributed by atoms with van der Waals surface area (Å²) in [6.45, 7) is 3.68. The molecule has 2 aromatic carbocycles. The standard InChI is InChI=1S/C27H26FN5O2/c1-19-29-14-16-32(19)17-20-7-2-3-9-22(20)27(34)33-15-6-8-21(18-33)25-26(31-13-12-30-25)35-24-11-5-4-10-23(24)28/h2-5,7,9-14,16,21H,6,8,15,17-18H2,1H3. The lowest BCUT2D eigenvalue weighted by molar-refractivity contribution is 0.0703. The summed E-state index contributed by atoms with van der Waals surface area (Å²) in [4.78, 5) is 28.6. The molecule has 0 spiro atoms.